The van der Waals surface area contributed by atoms with E-state index in [0.29, 0.717) is 5.75 Å². The molecule has 5 N–H and O–H groups in total. The van der Waals surface area contributed by atoms with Gasteiger partial charge in [0.15, 0.2) is 5.60 Å². The smallest absolute Gasteiger partial charge is 0.337 e. The molecule has 0 saturated heterocycles. The summed E-state index contributed by atoms with van der Waals surface area (Å²) in [6.07, 6.45) is 0. The van der Waals surface area contributed by atoms with Crippen LogP contribution in [-0.4, -0.2) is 41.3 Å². The monoisotopic (exact) mass is 268 g/mol. The van der Waals surface area contributed by atoms with Gasteiger partial charge in [-0.15, -0.1) is 0 Å². The lowest BCUT2D eigenvalue weighted by atomic mass is 10.1. The zero-order chi connectivity index (χ0) is 14.6. The van der Waals surface area contributed by atoms with Gasteiger partial charge in [-0.2, -0.15) is 0 Å². The van der Waals surface area contributed by atoms with Gasteiger partial charge in [-0.3, -0.25) is 4.79 Å². The number of amides is 1. The normalized spacial score (nSPS) is 13.4. The molecule has 1 aromatic rings. The average molecular weight is 268 g/mol. The van der Waals surface area contributed by atoms with E-state index in [4.69, 9.17) is 15.6 Å². The third-order valence-electron chi connectivity index (χ3n) is 2.56. The molecule has 0 spiro atoms. The van der Waals surface area contributed by atoms with Crippen molar-refractivity contribution in [3.8, 4) is 5.75 Å². The fourth-order valence-electron chi connectivity index (χ4n) is 1.28. The number of nitrogens with two attached hydrogens (primary N) is 1. The van der Waals surface area contributed by atoms with Crippen LogP contribution in [0.1, 0.15) is 17.3 Å². The Morgan fingerprint density at radius 2 is 2.11 bits per heavy atom. The number of rotatable bonds is 5. The molecule has 0 aliphatic rings. The van der Waals surface area contributed by atoms with Crippen LogP contribution in [-0.2, 0) is 4.79 Å². The Hall–Kier alpha value is -2.28. The van der Waals surface area contributed by atoms with Crippen molar-refractivity contribution in [1.29, 1.82) is 0 Å². The van der Waals surface area contributed by atoms with Crippen molar-refractivity contribution in [3.05, 3.63) is 23.8 Å². The lowest BCUT2D eigenvalue weighted by Crippen LogP contribution is -2.46. The number of nitrogen functional groups attached to an aromatic ring is 1. The molecule has 0 aliphatic heterocycles. The van der Waals surface area contributed by atoms with Crippen molar-refractivity contribution in [1.82, 2.24) is 5.32 Å². The van der Waals surface area contributed by atoms with E-state index in [0.717, 1.165) is 6.92 Å². The second-order valence-corrected chi connectivity index (χ2v) is 4.21. The lowest BCUT2D eigenvalue weighted by molar-refractivity contribution is -0.155. The van der Waals surface area contributed by atoms with Crippen LogP contribution >= 0.6 is 0 Å². The van der Waals surface area contributed by atoms with Crippen LogP contribution in [0.2, 0.25) is 0 Å². The molecule has 0 saturated carbocycles. The summed E-state index contributed by atoms with van der Waals surface area (Å²) in [5.74, 6) is -1.56. The van der Waals surface area contributed by atoms with Gasteiger partial charge in [0.05, 0.1) is 19.2 Å². The zero-order valence-electron chi connectivity index (χ0n) is 10.6. The van der Waals surface area contributed by atoms with E-state index in [2.05, 4.69) is 5.32 Å². The van der Waals surface area contributed by atoms with Crippen LogP contribution in [0.15, 0.2) is 18.2 Å². The number of hydrogen-bond acceptors (Lipinski definition) is 5. The predicted molar refractivity (Wildman–Crippen MR) is 68.0 cm³/mol. The van der Waals surface area contributed by atoms with E-state index in [1.54, 1.807) is 6.07 Å². The van der Waals surface area contributed by atoms with E-state index in [1.807, 2.05) is 0 Å². The minimum Gasteiger partial charge on any atom is -0.497 e. The molecule has 0 aromatic heterocycles. The molecular weight excluding hydrogens is 252 g/mol. The molecule has 0 heterocycles. The molecule has 1 atom stereocenters. The number of anilines is 1. The van der Waals surface area contributed by atoms with Gasteiger partial charge in [0.1, 0.15) is 5.75 Å². The number of hydrogen-bond donors (Lipinski definition) is 4. The van der Waals surface area contributed by atoms with Crippen molar-refractivity contribution in [2.75, 3.05) is 19.4 Å². The Kier molecular flexibility index (Phi) is 4.34. The average Bonchev–Trinajstić information content (AvgIpc) is 2.36. The summed E-state index contributed by atoms with van der Waals surface area (Å²) in [6.45, 7) is 0.655. The Morgan fingerprint density at radius 1 is 1.47 bits per heavy atom. The fourth-order valence-corrected chi connectivity index (χ4v) is 1.28. The number of carbonyl (C=O) groups is 2. The van der Waals surface area contributed by atoms with Crippen LogP contribution in [0.5, 0.6) is 5.75 Å². The summed E-state index contributed by atoms with van der Waals surface area (Å²) in [4.78, 5) is 22.5. The second kappa shape index (κ2) is 5.57. The van der Waals surface area contributed by atoms with Crippen LogP contribution < -0.4 is 15.8 Å². The predicted octanol–water partition coefficient (Wildman–Crippen LogP) is -0.157. The molecule has 104 valence electrons. The van der Waals surface area contributed by atoms with Gasteiger partial charge in [-0.05, 0) is 25.1 Å². The van der Waals surface area contributed by atoms with E-state index >= 15 is 0 Å². The zero-order valence-corrected chi connectivity index (χ0v) is 10.6. The summed E-state index contributed by atoms with van der Waals surface area (Å²) in [6, 6.07) is 4.53. The van der Waals surface area contributed by atoms with Gasteiger partial charge in [0.25, 0.3) is 5.91 Å². The third kappa shape index (κ3) is 3.59. The van der Waals surface area contributed by atoms with Gasteiger partial charge in [-0.1, -0.05) is 0 Å². The first-order chi connectivity index (χ1) is 8.77. The molecule has 1 amide bonds. The molecule has 1 rings (SSSR count). The molecule has 7 heteroatoms. The van der Waals surface area contributed by atoms with Gasteiger partial charge < -0.3 is 26.0 Å². The van der Waals surface area contributed by atoms with Crippen molar-refractivity contribution in [2.45, 2.75) is 12.5 Å². The quantitative estimate of drug-likeness (QED) is 0.551. The number of carbonyl (C=O) groups excluding carboxylic acids is 1. The first-order valence-electron chi connectivity index (χ1n) is 5.45. The number of nitrogens with one attached hydrogen (secondary N) is 1. The third-order valence-corrected chi connectivity index (χ3v) is 2.56. The summed E-state index contributed by atoms with van der Waals surface area (Å²) in [7, 11) is 1.45. The number of carboxylic acid groups (broad SMARTS) is 1. The topological polar surface area (TPSA) is 122 Å². The summed E-state index contributed by atoms with van der Waals surface area (Å²) in [5, 5.41) is 20.5. The van der Waals surface area contributed by atoms with Gasteiger partial charge in [-0.25, -0.2) is 4.79 Å². The standard InChI is InChI=1S/C12H16N2O5/c1-12(18,11(16)17)6-14-10(15)8-5-7(19-2)3-4-9(8)13/h3-5,18H,6,13H2,1-2H3,(H,14,15)(H,16,17). The van der Waals surface area contributed by atoms with E-state index in [-0.39, 0.29) is 11.3 Å². The minimum atomic E-state index is -2.04. The number of carboxylic acids is 1. The number of aliphatic carboxylic acids is 1. The Morgan fingerprint density at radius 3 is 2.63 bits per heavy atom. The molecule has 7 nitrogen and oxygen atoms in total. The molecule has 1 aromatic carbocycles. The molecule has 0 radical (unpaired) electrons. The minimum absolute atomic E-state index is 0.153. The first-order valence-corrected chi connectivity index (χ1v) is 5.45. The molecular formula is C12H16N2O5. The maximum absolute atomic E-state index is 11.9. The molecule has 1 unspecified atom stereocenters. The maximum atomic E-state index is 11.9. The van der Waals surface area contributed by atoms with Gasteiger partial charge >= 0.3 is 5.97 Å². The van der Waals surface area contributed by atoms with E-state index in [1.165, 1.54) is 19.2 Å². The highest BCUT2D eigenvalue weighted by molar-refractivity contribution is 5.99. The highest BCUT2D eigenvalue weighted by atomic mass is 16.5. The van der Waals surface area contributed by atoms with Crippen LogP contribution in [0.25, 0.3) is 0 Å². The van der Waals surface area contributed by atoms with Crippen molar-refractivity contribution < 1.29 is 24.5 Å². The molecule has 0 bridgehead atoms. The van der Waals surface area contributed by atoms with Crippen LogP contribution in [0.4, 0.5) is 5.69 Å². The molecule has 0 fully saturated rings. The molecule has 19 heavy (non-hydrogen) atoms. The Balaban J connectivity index is 2.82. The van der Waals surface area contributed by atoms with Gasteiger partial charge in [0.2, 0.25) is 0 Å². The van der Waals surface area contributed by atoms with Crippen LogP contribution in [0, 0.1) is 0 Å². The Bertz CT molecular complexity index is 499. The summed E-state index contributed by atoms with van der Waals surface area (Å²) >= 11 is 0. The van der Waals surface area contributed by atoms with Gasteiger partial charge in [0, 0.05) is 5.69 Å². The van der Waals surface area contributed by atoms with Crippen molar-refractivity contribution in [2.24, 2.45) is 0 Å². The fraction of sp³-hybridized carbons (Fsp3) is 0.333. The summed E-state index contributed by atoms with van der Waals surface area (Å²) < 4.78 is 4.96. The Labute approximate surface area is 110 Å². The SMILES string of the molecule is COc1ccc(N)c(C(=O)NCC(C)(O)C(=O)O)c1. The number of aliphatic hydroxyl groups is 1. The number of benzene rings is 1. The van der Waals surface area contributed by atoms with Crippen molar-refractivity contribution >= 4 is 17.6 Å². The number of ether oxygens (including phenoxy) is 1. The first kappa shape index (κ1) is 14.8. The number of methoxy groups -OCH3 is 1. The summed E-state index contributed by atoms with van der Waals surface area (Å²) in [5.41, 5.74) is 3.99. The highest BCUT2D eigenvalue weighted by Gasteiger charge is 2.30. The van der Waals surface area contributed by atoms with Crippen molar-refractivity contribution in [3.63, 3.8) is 0 Å². The van der Waals surface area contributed by atoms with E-state index < -0.39 is 24.0 Å². The second-order valence-electron chi connectivity index (χ2n) is 4.21. The lowest BCUT2D eigenvalue weighted by Gasteiger charge is -2.18. The maximum Gasteiger partial charge on any atom is 0.337 e. The van der Waals surface area contributed by atoms with E-state index in [9.17, 15) is 14.7 Å². The largest absolute Gasteiger partial charge is 0.497 e. The van der Waals surface area contributed by atoms with Crippen LogP contribution in [0.3, 0.4) is 0 Å². The highest BCUT2D eigenvalue weighted by Crippen LogP contribution is 2.19. The molecule has 0 aliphatic carbocycles.